The second-order valence-electron chi connectivity index (χ2n) is 5.90. The summed E-state index contributed by atoms with van der Waals surface area (Å²) in [6.07, 6.45) is 3.45. The highest BCUT2D eigenvalue weighted by atomic mass is 32.2. The van der Waals surface area contributed by atoms with Gasteiger partial charge in [0, 0.05) is 21.8 Å². The third-order valence-electron chi connectivity index (χ3n) is 4.39. The standard InChI is InChI=1S/C16H25NOS/c1-12-7-8-14(10-17)16(9-12)19(18)11-15-6-4-3-5-13(15)2/h3-6,12,14,16H,7-11,17H2,1-2H3. The van der Waals surface area contributed by atoms with Crippen molar-refractivity contribution in [3.8, 4) is 0 Å². The predicted molar refractivity (Wildman–Crippen MR) is 82.4 cm³/mol. The van der Waals surface area contributed by atoms with Crippen LogP contribution in [0.2, 0.25) is 0 Å². The van der Waals surface area contributed by atoms with E-state index in [0.717, 1.165) is 12.8 Å². The molecule has 3 heteroatoms. The Labute approximate surface area is 119 Å². The average Bonchev–Trinajstić information content (AvgIpc) is 2.41. The molecule has 0 spiro atoms. The summed E-state index contributed by atoms with van der Waals surface area (Å²) in [6.45, 7) is 5.04. The molecule has 0 aromatic heterocycles. The second-order valence-corrected chi connectivity index (χ2v) is 7.56. The highest BCUT2D eigenvalue weighted by molar-refractivity contribution is 7.84. The predicted octanol–water partition coefficient (Wildman–Crippen LogP) is 3.01. The van der Waals surface area contributed by atoms with Crippen LogP contribution < -0.4 is 5.73 Å². The number of hydrogen-bond donors (Lipinski definition) is 1. The van der Waals surface area contributed by atoms with Gasteiger partial charge in [-0.05, 0) is 49.3 Å². The van der Waals surface area contributed by atoms with E-state index in [9.17, 15) is 4.21 Å². The molecule has 0 amide bonds. The normalized spacial score (nSPS) is 29.1. The van der Waals surface area contributed by atoms with Gasteiger partial charge < -0.3 is 5.73 Å². The summed E-state index contributed by atoms with van der Waals surface area (Å²) in [6, 6.07) is 8.25. The third kappa shape index (κ3) is 3.67. The lowest BCUT2D eigenvalue weighted by atomic mass is 9.82. The van der Waals surface area contributed by atoms with Crippen LogP contribution in [0.5, 0.6) is 0 Å². The molecule has 2 nitrogen and oxygen atoms in total. The molecule has 1 aromatic rings. The zero-order valence-electron chi connectivity index (χ0n) is 12.0. The molecular weight excluding hydrogens is 254 g/mol. The quantitative estimate of drug-likeness (QED) is 0.920. The molecule has 1 aromatic carbocycles. The van der Waals surface area contributed by atoms with Crippen LogP contribution in [0.15, 0.2) is 24.3 Å². The fraction of sp³-hybridized carbons (Fsp3) is 0.625. The smallest absolute Gasteiger partial charge is 0.0491 e. The van der Waals surface area contributed by atoms with Gasteiger partial charge in [0.2, 0.25) is 0 Å². The fourth-order valence-electron chi connectivity index (χ4n) is 3.02. The molecule has 4 unspecified atom stereocenters. The number of rotatable bonds is 4. The molecule has 106 valence electrons. The molecule has 19 heavy (non-hydrogen) atoms. The van der Waals surface area contributed by atoms with Crippen LogP contribution in [0.4, 0.5) is 0 Å². The van der Waals surface area contributed by atoms with Crippen molar-refractivity contribution in [2.45, 2.75) is 44.1 Å². The van der Waals surface area contributed by atoms with Gasteiger partial charge in [0.05, 0.1) is 0 Å². The largest absolute Gasteiger partial charge is 0.330 e. The van der Waals surface area contributed by atoms with Crippen LogP contribution in [0.3, 0.4) is 0 Å². The first-order chi connectivity index (χ1) is 9.11. The number of aryl methyl sites for hydroxylation is 1. The summed E-state index contributed by atoms with van der Waals surface area (Å²) >= 11 is 0. The lowest BCUT2D eigenvalue weighted by Crippen LogP contribution is -2.37. The number of hydrogen-bond acceptors (Lipinski definition) is 2. The Balaban J connectivity index is 2.07. The number of nitrogens with two attached hydrogens (primary N) is 1. The van der Waals surface area contributed by atoms with Crippen molar-refractivity contribution >= 4 is 10.8 Å². The molecule has 0 radical (unpaired) electrons. The Hall–Kier alpha value is -0.670. The van der Waals surface area contributed by atoms with E-state index in [1.54, 1.807) is 0 Å². The summed E-state index contributed by atoms with van der Waals surface area (Å²) < 4.78 is 12.7. The Morgan fingerprint density at radius 3 is 2.74 bits per heavy atom. The van der Waals surface area contributed by atoms with Crippen LogP contribution >= 0.6 is 0 Å². The van der Waals surface area contributed by atoms with Crippen molar-refractivity contribution in [2.75, 3.05) is 6.54 Å². The molecule has 1 saturated carbocycles. The van der Waals surface area contributed by atoms with E-state index in [1.807, 2.05) is 12.1 Å². The Kier molecular flexibility index (Phi) is 5.17. The summed E-state index contributed by atoms with van der Waals surface area (Å²) in [5.41, 5.74) is 8.32. The van der Waals surface area contributed by atoms with Crippen LogP contribution in [-0.2, 0) is 16.6 Å². The first kappa shape index (κ1) is 14.7. The van der Waals surface area contributed by atoms with E-state index < -0.39 is 10.8 Å². The van der Waals surface area contributed by atoms with Crippen molar-refractivity contribution in [1.82, 2.24) is 0 Å². The maximum Gasteiger partial charge on any atom is 0.0491 e. The lowest BCUT2D eigenvalue weighted by Gasteiger charge is -2.33. The Morgan fingerprint density at radius 2 is 2.05 bits per heavy atom. The Morgan fingerprint density at radius 1 is 1.32 bits per heavy atom. The minimum absolute atomic E-state index is 0.286. The molecule has 0 aliphatic heterocycles. The van der Waals surface area contributed by atoms with Crippen LogP contribution in [-0.4, -0.2) is 16.0 Å². The van der Waals surface area contributed by atoms with E-state index in [4.69, 9.17) is 5.73 Å². The van der Waals surface area contributed by atoms with Gasteiger partial charge in [0.25, 0.3) is 0 Å². The van der Waals surface area contributed by atoms with Crippen molar-refractivity contribution in [3.05, 3.63) is 35.4 Å². The maximum atomic E-state index is 12.7. The summed E-state index contributed by atoms with van der Waals surface area (Å²) in [4.78, 5) is 0. The average molecular weight is 279 g/mol. The second kappa shape index (κ2) is 6.67. The van der Waals surface area contributed by atoms with Gasteiger partial charge in [-0.1, -0.05) is 37.6 Å². The van der Waals surface area contributed by atoms with Gasteiger partial charge in [-0.25, -0.2) is 0 Å². The van der Waals surface area contributed by atoms with Gasteiger partial charge >= 0.3 is 0 Å². The molecular formula is C16H25NOS. The molecule has 2 rings (SSSR count). The minimum atomic E-state index is -0.798. The molecule has 2 N–H and O–H groups in total. The molecule has 1 aliphatic rings. The van der Waals surface area contributed by atoms with E-state index in [0.29, 0.717) is 24.1 Å². The van der Waals surface area contributed by atoms with E-state index in [-0.39, 0.29) is 5.25 Å². The molecule has 4 atom stereocenters. The molecule has 0 saturated heterocycles. The molecule has 1 aliphatic carbocycles. The first-order valence-corrected chi connectivity index (χ1v) is 8.61. The first-order valence-electron chi connectivity index (χ1n) is 7.23. The van der Waals surface area contributed by atoms with E-state index in [2.05, 4.69) is 26.0 Å². The van der Waals surface area contributed by atoms with Crippen LogP contribution in [0.25, 0.3) is 0 Å². The van der Waals surface area contributed by atoms with E-state index >= 15 is 0 Å². The highest BCUT2D eigenvalue weighted by Gasteiger charge is 2.31. The number of benzene rings is 1. The van der Waals surface area contributed by atoms with Crippen molar-refractivity contribution in [3.63, 3.8) is 0 Å². The Bertz CT molecular complexity index is 446. The van der Waals surface area contributed by atoms with Gasteiger partial charge in [0.15, 0.2) is 0 Å². The minimum Gasteiger partial charge on any atom is -0.330 e. The fourth-order valence-corrected chi connectivity index (χ4v) is 5.08. The molecule has 0 heterocycles. The zero-order chi connectivity index (χ0) is 13.8. The summed E-state index contributed by atoms with van der Waals surface area (Å²) in [7, 11) is -0.798. The third-order valence-corrected chi connectivity index (χ3v) is 6.24. The van der Waals surface area contributed by atoms with Gasteiger partial charge in [-0.15, -0.1) is 0 Å². The van der Waals surface area contributed by atoms with Crippen LogP contribution in [0, 0.1) is 18.8 Å². The van der Waals surface area contributed by atoms with Gasteiger partial charge in [-0.2, -0.15) is 0 Å². The molecule has 1 fully saturated rings. The van der Waals surface area contributed by atoms with Crippen molar-refractivity contribution in [2.24, 2.45) is 17.6 Å². The van der Waals surface area contributed by atoms with Gasteiger partial charge in [0.1, 0.15) is 0 Å². The maximum absolute atomic E-state index is 12.7. The van der Waals surface area contributed by atoms with E-state index in [1.165, 1.54) is 17.5 Å². The topological polar surface area (TPSA) is 43.1 Å². The van der Waals surface area contributed by atoms with Crippen LogP contribution in [0.1, 0.15) is 37.3 Å². The zero-order valence-corrected chi connectivity index (χ0v) is 12.8. The summed E-state index contributed by atoms with van der Waals surface area (Å²) in [5, 5.41) is 0.286. The van der Waals surface area contributed by atoms with Gasteiger partial charge in [-0.3, -0.25) is 4.21 Å². The van der Waals surface area contributed by atoms with Crippen molar-refractivity contribution in [1.29, 1.82) is 0 Å². The lowest BCUT2D eigenvalue weighted by molar-refractivity contribution is 0.302. The SMILES string of the molecule is Cc1ccccc1CS(=O)C1CC(C)CCC1CN. The highest BCUT2D eigenvalue weighted by Crippen LogP contribution is 2.32. The molecule has 0 bridgehead atoms. The van der Waals surface area contributed by atoms with Crippen molar-refractivity contribution < 1.29 is 4.21 Å². The summed E-state index contributed by atoms with van der Waals surface area (Å²) in [5.74, 6) is 1.82. The monoisotopic (exact) mass is 279 g/mol.